The predicted octanol–water partition coefficient (Wildman–Crippen LogP) is 2.63. The summed E-state index contributed by atoms with van der Waals surface area (Å²) >= 11 is 0. The van der Waals surface area contributed by atoms with Crippen molar-refractivity contribution in [3.63, 3.8) is 0 Å². The molecule has 7 nitrogen and oxygen atoms in total. The lowest BCUT2D eigenvalue weighted by Gasteiger charge is -2.41. The zero-order valence-electron chi connectivity index (χ0n) is 17.0. The average Bonchev–Trinajstić information content (AvgIpc) is 3.17. The number of Topliss-reactive ketones (excluding diaryl/α,β-unsaturated/α-hetero) is 1. The molecule has 1 aliphatic rings. The summed E-state index contributed by atoms with van der Waals surface area (Å²) < 4.78 is 38.7. The highest BCUT2D eigenvalue weighted by Crippen LogP contribution is 2.39. The van der Waals surface area contributed by atoms with E-state index >= 15 is 0 Å². The van der Waals surface area contributed by atoms with E-state index in [0.717, 1.165) is 12.1 Å². The predicted molar refractivity (Wildman–Crippen MR) is 102 cm³/mol. The Hall–Kier alpha value is -2.94. The topological polar surface area (TPSA) is 83.3 Å². The molecule has 0 radical (unpaired) electrons. The molecule has 1 fully saturated rings. The van der Waals surface area contributed by atoms with E-state index in [-0.39, 0.29) is 17.9 Å². The van der Waals surface area contributed by atoms with Gasteiger partial charge in [0.1, 0.15) is 0 Å². The number of methoxy groups -OCH3 is 1. The Bertz CT molecular complexity index is 990. The van der Waals surface area contributed by atoms with E-state index in [9.17, 15) is 18.4 Å². The lowest BCUT2D eigenvalue weighted by atomic mass is 9.72. The van der Waals surface area contributed by atoms with Crippen LogP contribution in [0.5, 0.6) is 0 Å². The third-order valence-corrected chi connectivity index (χ3v) is 5.45. The SMILES string of the molecule is C=C1C(=O)[C@](C)(C(=O)OC)[C@H](CCc2cn(Cc3ccc(F)c(F)c3)nn2)O[C@@H]1C. The normalized spacial score (nSPS) is 24.2. The van der Waals surface area contributed by atoms with Crippen molar-refractivity contribution >= 4 is 11.8 Å². The molecule has 2 heterocycles. The smallest absolute Gasteiger partial charge is 0.322 e. The van der Waals surface area contributed by atoms with Gasteiger partial charge in [0.25, 0.3) is 0 Å². The Morgan fingerprint density at radius 1 is 1.37 bits per heavy atom. The van der Waals surface area contributed by atoms with Crippen LogP contribution in [0.3, 0.4) is 0 Å². The maximum atomic E-state index is 13.4. The van der Waals surface area contributed by atoms with Gasteiger partial charge in [0.2, 0.25) is 0 Å². The van der Waals surface area contributed by atoms with Gasteiger partial charge >= 0.3 is 5.97 Å². The first-order valence-corrected chi connectivity index (χ1v) is 9.47. The maximum Gasteiger partial charge on any atom is 0.322 e. The number of carbonyl (C=O) groups is 2. The minimum Gasteiger partial charge on any atom is -0.468 e. The van der Waals surface area contributed by atoms with Crippen molar-refractivity contribution in [2.45, 2.75) is 45.4 Å². The van der Waals surface area contributed by atoms with Crippen LogP contribution in [0.15, 0.2) is 36.5 Å². The highest BCUT2D eigenvalue weighted by Gasteiger charge is 2.54. The van der Waals surface area contributed by atoms with Crippen LogP contribution in [-0.4, -0.2) is 46.1 Å². The number of nitrogens with zero attached hydrogens (tertiary/aromatic N) is 3. The van der Waals surface area contributed by atoms with Gasteiger partial charge < -0.3 is 9.47 Å². The molecule has 0 unspecified atom stereocenters. The van der Waals surface area contributed by atoms with Gasteiger partial charge in [-0.3, -0.25) is 9.59 Å². The van der Waals surface area contributed by atoms with Gasteiger partial charge in [0, 0.05) is 11.8 Å². The fraction of sp³-hybridized carbons (Fsp3) is 0.429. The minimum atomic E-state index is -1.49. The van der Waals surface area contributed by atoms with Crippen LogP contribution in [0.4, 0.5) is 8.78 Å². The molecule has 0 N–H and O–H groups in total. The second kappa shape index (κ2) is 8.43. The van der Waals surface area contributed by atoms with Crippen LogP contribution in [0, 0.1) is 17.0 Å². The van der Waals surface area contributed by atoms with E-state index in [4.69, 9.17) is 9.47 Å². The number of hydrogen-bond acceptors (Lipinski definition) is 6. The molecule has 0 amide bonds. The summed E-state index contributed by atoms with van der Waals surface area (Å²) in [4.78, 5) is 25.1. The Balaban J connectivity index is 1.71. The van der Waals surface area contributed by atoms with Gasteiger partial charge in [-0.05, 0) is 44.4 Å². The third-order valence-electron chi connectivity index (χ3n) is 5.45. The van der Waals surface area contributed by atoms with Crippen LogP contribution < -0.4 is 0 Å². The molecule has 0 spiro atoms. The van der Waals surface area contributed by atoms with E-state index in [2.05, 4.69) is 16.9 Å². The summed E-state index contributed by atoms with van der Waals surface area (Å²) in [5.41, 5.74) is -0.105. The lowest BCUT2D eigenvalue weighted by molar-refractivity contribution is -0.175. The molecule has 2 aromatic rings. The summed E-state index contributed by atoms with van der Waals surface area (Å²) in [6, 6.07) is 3.63. The average molecular weight is 419 g/mol. The first-order chi connectivity index (χ1) is 14.2. The molecule has 3 atom stereocenters. The molecule has 1 saturated heterocycles. The Kier molecular flexibility index (Phi) is 6.12. The number of halogens is 2. The van der Waals surface area contributed by atoms with Crippen LogP contribution >= 0.6 is 0 Å². The van der Waals surface area contributed by atoms with Crippen LogP contribution in [0.1, 0.15) is 31.5 Å². The summed E-state index contributed by atoms with van der Waals surface area (Å²) in [6.45, 7) is 7.17. The second-order valence-electron chi connectivity index (χ2n) is 7.51. The first kappa shape index (κ1) is 21.8. The second-order valence-corrected chi connectivity index (χ2v) is 7.51. The molecule has 0 bridgehead atoms. The monoisotopic (exact) mass is 419 g/mol. The summed E-state index contributed by atoms with van der Waals surface area (Å²) in [6.07, 6.45) is 1.17. The summed E-state index contributed by atoms with van der Waals surface area (Å²) in [7, 11) is 1.22. The van der Waals surface area contributed by atoms with Crippen LogP contribution in [0.2, 0.25) is 0 Å². The minimum absolute atomic E-state index is 0.222. The highest BCUT2D eigenvalue weighted by molar-refractivity contribution is 6.13. The van der Waals surface area contributed by atoms with Gasteiger partial charge in [-0.25, -0.2) is 13.5 Å². The molecule has 3 rings (SSSR count). The van der Waals surface area contributed by atoms with E-state index in [1.165, 1.54) is 24.8 Å². The quantitative estimate of drug-likeness (QED) is 0.407. The van der Waals surface area contributed by atoms with Crippen molar-refractivity contribution in [3.05, 3.63) is 59.4 Å². The number of benzene rings is 1. The van der Waals surface area contributed by atoms with Crippen LogP contribution in [0.25, 0.3) is 0 Å². The van der Waals surface area contributed by atoms with E-state index < -0.39 is 35.2 Å². The number of carbonyl (C=O) groups excluding carboxylic acids is 2. The van der Waals surface area contributed by atoms with Crippen molar-refractivity contribution < 1.29 is 27.8 Å². The van der Waals surface area contributed by atoms with Crippen molar-refractivity contribution in [1.82, 2.24) is 15.0 Å². The van der Waals surface area contributed by atoms with Crippen LogP contribution in [-0.2, 0) is 32.0 Å². The third kappa shape index (κ3) is 4.02. The number of aromatic nitrogens is 3. The van der Waals surface area contributed by atoms with E-state index in [1.807, 2.05) is 0 Å². The largest absolute Gasteiger partial charge is 0.468 e. The number of aryl methyl sites for hydroxylation is 1. The van der Waals surface area contributed by atoms with E-state index in [0.29, 0.717) is 24.1 Å². The zero-order valence-corrected chi connectivity index (χ0v) is 17.0. The fourth-order valence-corrected chi connectivity index (χ4v) is 3.56. The van der Waals surface area contributed by atoms with Crippen molar-refractivity contribution in [1.29, 1.82) is 0 Å². The Morgan fingerprint density at radius 2 is 2.10 bits per heavy atom. The lowest BCUT2D eigenvalue weighted by Crippen LogP contribution is -2.55. The molecular weight excluding hydrogens is 396 g/mol. The standard InChI is InChI=1S/C21H23F2N3O4/c1-12-13(2)30-18(21(3,19(12)27)20(28)29-4)8-6-15-11-26(25-24-15)10-14-5-7-16(22)17(23)9-14/h5,7,9,11,13,18H,1,6,8,10H2,2-4H3/t13-,18+,21-/m1/s1. The number of ether oxygens (including phenoxy) is 2. The molecule has 1 aliphatic heterocycles. The van der Waals surface area contributed by atoms with E-state index in [1.54, 1.807) is 13.1 Å². The fourth-order valence-electron chi connectivity index (χ4n) is 3.56. The van der Waals surface area contributed by atoms with Crippen molar-refractivity contribution in [3.8, 4) is 0 Å². The van der Waals surface area contributed by atoms with Gasteiger partial charge in [-0.2, -0.15) is 0 Å². The Labute approximate surface area is 172 Å². The summed E-state index contributed by atoms with van der Waals surface area (Å²) in [5.74, 6) is -2.90. The number of rotatable bonds is 6. The molecule has 1 aromatic heterocycles. The summed E-state index contributed by atoms with van der Waals surface area (Å²) in [5, 5.41) is 8.07. The van der Waals surface area contributed by atoms with Crippen molar-refractivity contribution in [2.24, 2.45) is 5.41 Å². The molecule has 160 valence electrons. The molecule has 1 aromatic carbocycles. The molecule has 30 heavy (non-hydrogen) atoms. The Morgan fingerprint density at radius 3 is 2.77 bits per heavy atom. The van der Waals surface area contributed by atoms with Gasteiger partial charge in [0.15, 0.2) is 22.8 Å². The molecule has 0 aliphatic carbocycles. The number of hydrogen-bond donors (Lipinski definition) is 0. The maximum absolute atomic E-state index is 13.4. The molecule has 0 saturated carbocycles. The molecular formula is C21H23F2N3O4. The highest BCUT2D eigenvalue weighted by atomic mass is 19.2. The number of ketones is 1. The zero-order chi connectivity index (χ0) is 22.1. The van der Waals surface area contributed by atoms with Gasteiger partial charge in [0.05, 0.1) is 31.6 Å². The van der Waals surface area contributed by atoms with Gasteiger partial charge in [-0.1, -0.05) is 17.9 Å². The van der Waals surface area contributed by atoms with Gasteiger partial charge in [-0.15, -0.1) is 5.10 Å². The first-order valence-electron chi connectivity index (χ1n) is 9.47. The van der Waals surface area contributed by atoms with Crippen molar-refractivity contribution in [2.75, 3.05) is 7.11 Å². The molecule has 9 heteroatoms. The number of esters is 1.